The lowest BCUT2D eigenvalue weighted by Crippen LogP contribution is -1.95. The summed E-state index contributed by atoms with van der Waals surface area (Å²) in [6.45, 7) is 3.84. The fourth-order valence-corrected chi connectivity index (χ4v) is 4.74. The number of aryl methyl sites for hydroxylation is 1. The number of nitrogens with one attached hydrogen (secondary N) is 1. The van der Waals surface area contributed by atoms with Gasteiger partial charge in [-0.3, -0.25) is 0 Å². The standard InChI is InChI=1S/C24H20INO2S/c1-14-12-20(26-29-25)15(2)22(24(14)28)23-19-13-18(16-6-4-3-5-7-16)9-8-17(19)10-11-21(23)27/h3-13,26-28H,1-2H3. The van der Waals surface area contributed by atoms with Crippen LogP contribution in [0.25, 0.3) is 33.0 Å². The monoisotopic (exact) mass is 513 g/mol. The van der Waals surface area contributed by atoms with Crippen LogP contribution >= 0.6 is 30.3 Å². The van der Waals surface area contributed by atoms with Gasteiger partial charge in [-0.2, -0.15) is 0 Å². The van der Waals surface area contributed by atoms with Gasteiger partial charge in [0.2, 0.25) is 0 Å². The highest BCUT2D eigenvalue weighted by molar-refractivity contribution is 14.2. The van der Waals surface area contributed by atoms with Crippen LogP contribution < -0.4 is 4.72 Å². The summed E-state index contributed by atoms with van der Waals surface area (Å²) >= 11 is 2.18. The molecule has 0 aliphatic rings. The number of halogens is 1. The summed E-state index contributed by atoms with van der Waals surface area (Å²) in [5, 5.41) is 23.7. The van der Waals surface area contributed by atoms with Crippen molar-refractivity contribution in [1.29, 1.82) is 0 Å². The zero-order valence-corrected chi connectivity index (χ0v) is 19.0. The molecule has 0 fully saturated rings. The van der Waals surface area contributed by atoms with Gasteiger partial charge >= 0.3 is 0 Å². The van der Waals surface area contributed by atoms with E-state index in [1.165, 1.54) is 9.12 Å². The van der Waals surface area contributed by atoms with Crippen LogP contribution in [0.4, 0.5) is 5.69 Å². The molecule has 0 aliphatic heterocycles. The summed E-state index contributed by atoms with van der Waals surface area (Å²) in [5.74, 6) is 0.346. The van der Waals surface area contributed by atoms with Crippen molar-refractivity contribution in [3.8, 4) is 33.8 Å². The molecule has 0 spiro atoms. The van der Waals surface area contributed by atoms with Gasteiger partial charge in [0.15, 0.2) is 0 Å². The molecular weight excluding hydrogens is 493 g/mol. The Kier molecular flexibility index (Phi) is 5.61. The first-order valence-electron chi connectivity index (χ1n) is 9.19. The summed E-state index contributed by atoms with van der Waals surface area (Å²) in [7, 11) is 1.47. The normalized spacial score (nSPS) is 11.0. The molecule has 4 aromatic carbocycles. The molecule has 3 N–H and O–H groups in total. The first-order chi connectivity index (χ1) is 14.0. The molecule has 4 rings (SSSR count). The highest BCUT2D eigenvalue weighted by Gasteiger charge is 2.20. The zero-order valence-electron chi connectivity index (χ0n) is 16.0. The van der Waals surface area contributed by atoms with Crippen molar-refractivity contribution >= 4 is 46.8 Å². The molecule has 0 atom stereocenters. The average Bonchev–Trinajstić information content (AvgIpc) is 2.74. The van der Waals surface area contributed by atoms with Gasteiger partial charge in [0.05, 0.1) is 0 Å². The van der Waals surface area contributed by atoms with E-state index in [9.17, 15) is 10.2 Å². The van der Waals surface area contributed by atoms with Crippen molar-refractivity contribution in [1.82, 2.24) is 0 Å². The van der Waals surface area contributed by atoms with Crippen LogP contribution in [-0.2, 0) is 0 Å². The Hall–Kier alpha value is -2.38. The van der Waals surface area contributed by atoms with Gasteiger partial charge in [-0.1, -0.05) is 48.5 Å². The molecule has 3 nitrogen and oxygen atoms in total. The van der Waals surface area contributed by atoms with Crippen LogP contribution in [0.5, 0.6) is 11.5 Å². The lowest BCUT2D eigenvalue weighted by molar-refractivity contribution is 0.467. The lowest BCUT2D eigenvalue weighted by Gasteiger charge is -2.19. The molecule has 29 heavy (non-hydrogen) atoms. The van der Waals surface area contributed by atoms with Crippen LogP contribution in [0.15, 0.2) is 66.7 Å². The fourth-order valence-electron chi connectivity index (χ4n) is 3.74. The number of phenolic OH excluding ortho intramolecular Hbond substituents is 2. The molecule has 0 unspecified atom stereocenters. The molecule has 5 heteroatoms. The van der Waals surface area contributed by atoms with E-state index >= 15 is 0 Å². The number of anilines is 1. The predicted octanol–water partition coefficient (Wildman–Crippen LogP) is 7.61. The topological polar surface area (TPSA) is 52.5 Å². The molecule has 0 bridgehead atoms. The first kappa shape index (κ1) is 19.9. The minimum absolute atomic E-state index is 0.153. The van der Waals surface area contributed by atoms with Crippen molar-refractivity contribution in [2.75, 3.05) is 4.72 Å². The Morgan fingerprint density at radius 2 is 1.55 bits per heavy atom. The summed E-state index contributed by atoms with van der Waals surface area (Å²) in [6.07, 6.45) is 0. The summed E-state index contributed by atoms with van der Waals surface area (Å²) < 4.78 is 3.27. The summed E-state index contributed by atoms with van der Waals surface area (Å²) in [6, 6.07) is 21.9. The van der Waals surface area contributed by atoms with Gasteiger partial charge in [0.25, 0.3) is 0 Å². The van der Waals surface area contributed by atoms with E-state index in [2.05, 4.69) is 56.3 Å². The predicted molar refractivity (Wildman–Crippen MR) is 133 cm³/mol. The van der Waals surface area contributed by atoms with E-state index < -0.39 is 0 Å². The third-order valence-corrected chi connectivity index (χ3v) is 6.21. The highest BCUT2D eigenvalue weighted by atomic mass is 127. The van der Waals surface area contributed by atoms with Crippen molar-refractivity contribution in [3.63, 3.8) is 0 Å². The van der Waals surface area contributed by atoms with Gasteiger partial charge in [-0.25, -0.2) is 0 Å². The van der Waals surface area contributed by atoms with Crippen LogP contribution in [0, 0.1) is 13.8 Å². The summed E-state index contributed by atoms with van der Waals surface area (Å²) in [4.78, 5) is 0. The number of aromatic hydroxyl groups is 2. The minimum Gasteiger partial charge on any atom is -0.507 e. The van der Waals surface area contributed by atoms with E-state index in [4.69, 9.17) is 0 Å². The van der Waals surface area contributed by atoms with Crippen LogP contribution in [0.2, 0.25) is 0 Å². The van der Waals surface area contributed by atoms with E-state index in [1.54, 1.807) is 6.07 Å². The second kappa shape index (κ2) is 8.16. The van der Waals surface area contributed by atoms with E-state index in [-0.39, 0.29) is 11.5 Å². The van der Waals surface area contributed by atoms with Gasteiger partial charge in [0, 0.05) is 47.1 Å². The van der Waals surface area contributed by atoms with Gasteiger partial charge < -0.3 is 14.9 Å². The van der Waals surface area contributed by atoms with Gasteiger partial charge in [-0.05, 0) is 65.1 Å². The zero-order chi connectivity index (χ0) is 20.5. The molecule has 146 valence electrons. The SMILES string of the molecule is Cc1cc(NSI)c(C)c(-c2c(O)ccc3ccc(-c4ccccc4)cc23)c1O. The number of rotatable bonds is 4. The molecule has 0 saturated carbocycles. The maximum absolute atomic E-state index is 10.9. The third kappa shape index (κ3) is 3.65. The average molecular weight is 513 g/mol. The Morgan fingerprint density at radius 3 is 2.28 bits per heavy atom. The van der Waals surface area contributed by atoms with E-state index in [0.29, 0.717) is 11.1 Å². The van der Waals surface area contributed by atoms with Crippen LogP contribution in [0.1, 0.15) is 11.1 Å². The maximum Gasteiger partial charge on any atom is 0.126 e. The molecule has 4 aromatic rings. The number of benzene rings is 4. The number of phenols is 2. The van der Waals surface area contributed by atoms with Gasteiger partial charge in [0.1, 0.15) is 11.5 Å². The molecule has 0 radical (unpaired) electrons. The fraction of sp³-hybridized carbons (Fsp3) is 0.0833. The van der Waals surface area contributed by atoms with E-state index in [0.717, 1.165) is 38.7 Å². The van der Waals surface area contributed by atoms with Crippen LogP contribution in [-0.4, -0.2) is 10.2 Å². The Labute approximate surface area is 186 Å². The Bertz CT molecular complexity index is 1210. The summed E-state index contributed by atoms with van der Waals surface area (Å²) in [5.41, 5.74) is 6.06. The molecular formula is C24H20INO2S. The largest absolute Gasteiger partial charge is 0.507 e. The van der Waals surface area contributed by atoms with Crippen molar-refractivity contribution < 1.29 is 10.2 Å². The third-order valence-electron chi connectivity index (χ3n) is 5.26. The molecule has 0 aromatic heterocycles. The number of fused-ring (bicyclic) bond motifs is 1. The molecule has 0 saturated heterocycles. The first-order valence-corrected chi connectivity index (χ1v) is 12.6. The molecule has 0 amide bonds. The molecule has 0 aliphatic carbocycles. The minimum atomic E-state index is 0.153. The highest BCUT2D eigenvalue weighted by Crippen LogP contribution is 2.47. The Balaban J connectivity index is 2.05. The lowest BCUT2D eigenvalue weighted by atomic mass is 9.89. The number of hydrogen-bond acceptors (Lipinski definition) is 4. The number of hydrogen-bond donors (Lipinski definition) is 3. The van der Waals surface area contributed by atoms with Crippen molar-refractivity contribution in [2.45, 2.75) is 13.8 Å². The van der Waals surface area contributed by atoms with Crippen molar-refractivity contribution in [2.24, 2.45) is 0 Å². The molecule has 0 heterocycles. The Morgan fingerprint density at radius 1 is 0.828 bits per heavy atom. The van der Waals surface area contributed by atoms with Crippen LogP contribution in [0.3, 0.4) is 0 Å². The van der Waals surface area contributed by atoms with Crippen molar-refractivity contribution in [3.05, 3.63) is 77.9 Å². The maximum atomic E-state index is 10.9. The van der Waals surface area contributed by atoms with Gasteiger partial charge in [-0.15, -0.1) is 0 Å². The van der Waals surface area contributed by atoms with E-state index in [1.807, 2.05) is 44.2 Å². The second-order valence-corrected chi connectivity index (χ2v) is 8.71. The quantitative estimate of drug-likeness (QED) is 0.149. The second-order valence-electron chi connectivity index (χ2n) is 7.03. The smallest absolute Gasteiger partial charge is 0.126 e.